The largest absolute Gasteiger partial charge is 0.469 e. The topological polar surface area (TPSA) is 38.3 Å². The first kappa shape index (κ1) is 13.0. The molecule has 16 heavy (non-hydrogen) atoms. The van der Waals surface area contributed by atoms with Crippen LogP contribution in [0.3, 0.4) is 0 Å². The summed E-state index contributed by atoms with van der Waals surface area (Å²) in [5.74, 6) is -0.211. The molecule has 0 saturated heterocycles. The Kier molecular flexibility index (Phi) is 5.93. The number of hydrogen-bond donors (Lipinski definition) is 1. The van der Waals surface area contributed by atoms with Crippen LogP contribution in [0.1, 0.15) is 12.0 Å². The van der Waals surface area contributed by atoms with Crippen molar-refractivity contribution in [2.24, 2.45) is 0 Å². The maximum Gasteiger partial charge on any atom is 0.309 e. The Morgan fingerprint density at radius 2 is 2.31 bits per heavy atom. The molecule has 0 atom stereocenters. The van der Waals surface area contributed by atoms with Crippen molar-refractivity contribution in [1.82, 2.24) is 0 Å². The molecule has 0 amide bonds. The van der Waals surface area contributed by atoms with E-state index in [-0.39, 0.29) is 5.97 Å². The van der Waals surface area contributed by atoms with E-state index in [0.29, 0.717) is 6.42 Å². The van der Waals surface area contributed by atoms with E-state index in [1.807, 2.05) is 24.3 Å². The van der Waals surface area contributed by atoms with Gasteiger partial charge in [0.1, 0.15) is 0 Å². The minimum absolute atomic E-state index is 0.211. The molecular weight excluding hydrogens is 270 g/mol. The lowest BCUT2D eigenvalue weighted by Crippen LogP contribution is -2.06. The lowest BCUT2D eigenvalue weighted by Gasteiger charge is -2.07. The van der Waals surface area contributed by atoms with Crippen molar-refractivity contribution in [2.45, 2.75) is 12.8 Å². The quantitative estimate of drug-likeness (QED) is 0.496. The molecular formula is C12H16BrNO2. The second-order valence-electron chi connectivity index (χ2n) is 3.42. The number of alkyl halides is 1. The van der Waals surface area contributed by atoms with Gasteiger partial charge in [-0.2, -0.15) is 0 Å². The van der Waals surface area contributed by atoms with Crippen LogP contribution in [0.5, 0.6) is 0 Å². The van der Waals surface area contributed by atoms with E-state index in [1.54, 1.807) is 0 Å². The van der Waals surface area contributed by atoms with Crippen LogP contribution >= 0.6 is 15.9 Å². The summed E-state index contributed by atoms with van der Waals surface area (Å²) in [5, 5.41) is 4.28. The number of nitrogens with one attached hydrogen (secondary N) is 1. The normalized spacial score (nSPS) is 9.88. The van der Waals surface area contributed by atoms with E-state index in [2.05, 4.69) is 26.0 Å². The van der Waals surface area contributed by atoms with Gasteiger partial charge in [-0.05, 0) is 24.1 Å². The first-order chi connectivity index (χ1) is 7.76. The molecule has 1 rings (SSSR count). The Hall–Kier alpha value is -1.03. The number of halogens is 1. The highest BCUT2D eigenvalue weighted by Crippen LogP contribution is 2.11. The molecule has 1 N–H and O–H groups in total. The molecule has 0 fully saturated rings. The van der Waals surface area contributed by atoms with Crippen LogP contribution < -0.4 is 5.32 Å². The second-order valence-corrected chi connectivity index (χ2v) is 4.22. The SMILES string of the molecule is COC(=O)Cc1cccc(NCCCBr)c1. The fourth-order valence-electron chi connectivity index (χ4n) is 1.33. The molecule has 0 aromatic heterocycles. The summed E-state index contributed by atoms with van der Waals surface area (Å²) >= 11 is 3.38. The lowest BCUT2D eigenvalue weighted by molar-refractivity contribution is -0.139. The van der Waals surface area contributed by atoms with Crippen molar-refractivity contribution in [3.8, 4) is 0 Å². The van der Waals surface area contributed by atoms with Crippen molar-refractivity contribution in [3.05, 3.63) is 29.8 Å². The number of esters is 1. The number of anilines is 1. The Labute approximate surface area is 104 Å². The van der Waals surface area contributed by atoms with Crippen LogP contribution in [-0.4, -0.2) is 25.0 Å². The van der Waals surface area contributed by atoms with E-state index < -0.39 is 0 Å². The predicted molar refractivity (Wildman–Crippen MR) is 69.1 cm³/mol. The molecule has 4 heteroatoms. The van der Waals surface area contributed by atoms with Crippen molar-refractivity contribution < 1.29 is 9.53 Å². The van der Waals surface area contributed by atoms with Gasteiger partial charge in [0.2, 0.25) is 0 Å². The smallest absolute Gasteiger partial charge is 0.309 e. The molecule has 0 heterocycles. The molecule has 3 nitrogen and oxygen atoms in total. The molecule has 0 unspecified atom stereocenters. The maximum atomic E-state index is 11.1. The maximum absolute atomic E-state index is 11.1. The Bertz CT molecular complexity index is 342. The summed E-state index contributed by atoms with van der Waals surface area (Å²) in [5.41, 5.74) is 2.01. The number of benzene rings is 1. The second kappa shape index (κ2) is 7.28. The van der Waals surface area contributed by atoms with Crippen LogP contribution in [0.15, 0.2) is 24.3 Å². The van der Waals surface area contributed by atoms with Crippen molar-refractivity contribution in [2.75, 3.05) is 24.3 Å². The van der Waals surface area contributed by atoms with Crippen LogP contribution in [0.4, 0.5) is 5.69 Å². The van der Waals surface area contributed by atoms with Gasteiger partial charge >= 0.3 is 5.97 Å². The summed E-state index contributed by atoms with van der Waals surface area (Å²) < 4.78 is 4.63. The van der Waals surface area contributed by atoms with Gasteiger partial charge in [-0.3, -0.25) is 4.79 Å². The monoisotopic (exact) mass is 285 g/mol. The zero-order valence-corrected chi connectivity index (χ0v) is 10.9. The van der Waals surface area contributed by atoms with Crippen molar-refractivity contribution in [3.63, 3.8) is 0 Å². The zero-order chi connectivity index (χ0) is 11.8. The Morgan fingerprint density at radius 1 is 1.50 bits per heavy atom. The highest BCUT2D eigenvalue weighted by molar-refractivity contribution is 9.09. The van der Waals surface area contributed by atoms with Gasteiger partial charge < -0.3 is 10.1 Å². The molecule has 0 aliphatic carbocycles. The van der Waals surface area contributed by atoms with Crippen LogP contribution in [0.25, 0.3) is 0 Å². The van der Waals surface area contributed by atoms with Gasteiger partial charge in [0.25, 0.3) is 0 Å². The van der Waals surface area contributed by atoms with Crippen LogP contribution in [0, 0.1) is 0 Å². The highest BCUT2D eigenvalue weighted by Gasteiger charge is 2.02. The van der Waals surface area contributed by atoms with E-state index in [9.17, 15) is 4.79 Å². The van der Waals surface area contributed by atoms with Gasteiger partial charge in [0.15, 0.2) is 0 Å². The van der Waals surface area contributed by atoms with Gasteiger partial charge in [-0.15, -0.1) is 0 Å². The standard InChI is InChI=1S/C12H16BrNO2/c1-16-12(15)9-10-4-2-5-11(8-10)14-7-3-6-13/h2,4-5,8,14H,3,6-7,9H2,1H3. The third-order valence-corrected chi connectivity index (χ3v) is 2.70. The highest BCUT2D eigenvalue weighted by atomic mass is 79.9. The summed E-state index contributed by atoms with van der Waals surface area (Å²) in [7, 11) is 1.40. The molecule has 1 aromatic carbocycles. The molecule has 0 saturated carbocycles. The van der Waals surface area contributed by atoms with Gasteiger partial charge in [0, 0.05) is 17.6 Å². The zero-order valence-electron chi connectivity index (χ0n) is 9.33. The van der Waals surface area contributed by atoms with E-state index >= 15 is 0 Å². The molecule has 1 aromatic rings. The summed E-state index contributed by atoms with van der Waals surface area (Å²) in [6.45, 7) is 0.924. The molecule has 0 aliphatic rings. The summed E-state index contributed by atoms with van der Waals surface area (Å²) in [4.78, 5) is 11.1. The van der Waals surface area contributed by atoms with E-state index in [4.69, 9.17) is 0 Å². The van der Waals surface area contributed by atoms with Crippen molar-refractivity contribution >= 4 is 27.6 Å². The molecule has 0 bridgehead atoms. The molecule has 0 radical (unpaired) electrons. The molecule has 0 spiro atoms. The first-order valence-corrected chi connectivity index (χ1v) is 6.34. The fraction of sp³-hybridized carbons (Fsp3) is 0.417. The Morgan fingerprint density at radius 3 is 3.00 bits per heavy atom. The lowest BCUT2D eigenvalue weighted by atomic mass is 10.1. The van der Waals surface area contributed by atoms with E-state index in [0.717, 1.165) is 29.5 Å². The summed E-state index contributed by atoms with van der Waals surface area (Å²) in [6, 6.07) is 7.83. The van der Waals surface area contributed by atoms with E-state index in [1.165, 1.54) is 7.11 Å². The minimum Gasteiger partial charge on any atom is -0.469 e. The third kappa shape index (κ3) is 4.66. The number of methoxy groups -OCH3 is 1. The number of ether oxygens (including phenoxy) is 1. The predicted octanol–water partition coefficient (Wildman–Crippen LogP) is 2.60. The number of hydrogen-bond acceptors (Lipinski definition) is 3. The average molecular weight is 286 g/mol. The number of carbonyl (C=O) groups excluding carboxylic acids is 1. The van der Waals surface area contributed by atoms with Gasteiger partial charge in [0.05, 0.1) is 13.5 Å². The fourth-order valence-corrected chi connectivity index (χ4v) is 1.61. The molecule has 88 valence electrons. The van der Waals surface area contributed by atoms with Gasteiger partial charge in [-0.1, -0.05) is 28.1 Å². The number of rotatable bonds is 6. The van der Waals surface area contributed by atoms with Gasteiger partial charge in [-0.25, -0.2) is 0 Å². The minimum atomic E-state index is -0.211. The van der Waals surface area contributed by atoms with Crippen LogP contribution in [0.2, 0.25) is 0 Å². The van der Waals surface area contributed by atoms with Crippen molar-refractivity contribution in [1.29, 1.82) is 0 Å². The molecule has 0 aliphatic heterocycles. The third-order valence-electron chi connectivity index (χ3n) is 2.14. The summed E-state index contributed by atoms with van der Waals surface area (Å²) in [6.07, 6.45) is 1.39. The number of carbonyl (C=O) groups is 1. The Balaban J connectivity index is 2.53. The van der Waals surface area contributed by atoms with Crippen LogP contribution in [-0.2, 0) is 16.0 Å². The first-order valence-electron chi connectivity index (χ1n) is 5.22. The average Bonchev–Trinajstić information content (AvgIpc) is 2.30.